The Bertz CT molecular complexity index is 1310. The number of carbonyl (C=O) groups is 3. The Balaban J connectivity index is 1.27. The lowest BCUT2D eigenvalue weighted by molar-refractivity contribution is -0.137. The van der Waals surface area contributed by atoms with Crippen molar-refractivity contribution < 1.29 is 19.1 Å². The highest BCUT2D eigenvalue weighted by molar-refractivity contribution is 6.03. The average molecular weight is 532 g/mol. The van der Waals surface area contributed by atoms with E-state index in [4.69, 9.17) is 4.74 Å². The van der Waals surface area contributed by atoms with E-state index < -0.39 is 6.04 Å². The largest absolute Gasteiger partial charge is 0.495 e. The summed E-state index contributed by atoms with van der Waals surface area (Å²) in [5.74, 6) is 0.519. The number of hydrogen-bond donors (Lipinski definition) is 1. The molecule has 206 valence electrons. The molecule has 5 rings (SSSR count). The lowest BCUT2D eigenvalue weighted by Gasteiger charge is -2.37. The van der Waals surface area contributed by atoms with Gasteiger partial charge in [0.15, 0.2) is 0 Å². The fourth-order valence-corrected chi connectivity index (χ4v) is 5.53. The van der Waals surface area contributed by atoms with Crippen molar-refractivity contribution in [2.45, 2.75) is 32.2 Å². The number of para-hydroxylation sites is 2. The van der Waals surface area contributed by atoms with Gasteiger partial charge >= 0.3 is 6.03 Å². The van der Waals surface area contributed by atoms with Crippen LogP contribution in [0.15, 0.2) is 59.8 Å². The van der Waals surface area contributed by atoms with E-state index in [2.05, 4.69) is 31.0 Å². The van der Waals surface area contributed by atoms with Crippen LogP contribution in [-0.2, 0) is 15.0 Å². The number of nitrogens with one attached hydrogen (secondary N) is 1. The molecule has 1 saturated heterocycles. The van der Waals surface area contributed by atoms with Crippen LogP contribution in [0.1, 0.15) is 37.9 Å². The van der Waals surface area contributed by atoms with Crippen LogP contribution in [0.3, 0.4) is 0 Å². The Morgan fingerprint density at radius 3 is 2.31 bits per heavy atom. The van der Waals surface area contributed by atoms with E-state index in [1.807, 2.05) is 53.4 Å². The number of amides is 4. The second kappa shape index (κ2) is 10.3. The molecule has 3 aliphatic rings. The Morgan fingerprint density at radius 1 is 1.00 bits per heavy atom. The first-order valence-electron chi connectivity index (χ1n) is 13.4. The smallest absolute Gasteiger partial charge is 0.322 e. The van der Waals surface area contributed by atoms with Gasteiger partial charge in [0.1, 0.15) is 12.3 Å². The number of anilines is 1. The molecule has 2 aromatic carbocycles. The second-order valence-electron chi connectivity index (χ2n) is 11.4. The van der Waals surface area contributed by atoms with Gasteiger partial charge in [-0.2, -0.15) is 0 Å². The van der Waals surface area contributed by atoms with Gasteiger partial charge in [-0.05, 0) is 28.7 Å². The molecule has 2 aromatic rings. The van der Waals surface area contributed by atoms with E-state index >= 15 is 0 Å². The number of hydrogen-bond acceptors (Lipinski definition) is 5. The predicted octanol–water partition coefficient (Wildman–Crippen LogP) is 3.13. The van der Waals surface area contributed by atoms with Gasteiger partial charge in [-0.15, -0.1) is 0 Å². The van der Waals surface area contributed by atoms with Gasteiger partial charge in [-0.25, -0.2) is 4.79 Å². The molecule has 3 heterocycles. The zero-order chi connectivity index (χ0) is 27.9. The Kier molecular flexibility index (Phi) is 7.01. The molecule has 0 bridgehead atoms. The van der Waals surface area contributed by atoms with Crippen LogP contribution >= 0.6 is 0 Å². The molecule has 0 aromatic heterocycles. The van der Waals surface area contributed by atoms with E-state index in [1.54, 1.807) is 19.1 Å². The van der Waals surface area contributed by atoms with Crippen LogP contribution in [-0.4, -0.2) is 86.0 Å². The normalized spacial score (nSPS) is 19.9. The summed E-state index contributed by atoms with van der Waals surface area (Å²) in [5, 5.41) is 2.98. The van der Waals surface area contributed by atoms with E-state index in [1.165, 1.54) is 10.5 Å². The molecule has 9 heteroatoms. The number of urea groups is 1. The number of likely N-dealkylation sites (N-methyl/N-ethyl adjacent to an activating group) is 1. The van der Waals surface area contributed by atoms with Gasteiger partial charge in [0.2, 0.25) is 5.91 Å². The van der Waals surface area contributed by atoms with Gasteiger partial charge in [0, 0.05) is 33.2 Å². The number of carbonyl (C=O) groups excluding carboxylic acids is 3. The summed E-state index contributed by atoms with van der Waals surface area (Å²) in [6.45, 7) is 9.16. The van der Waals surface area contributed by atoms with Crippen molar-refractivity contribution in [3.8, 4) is 5.75 Å². The highest BCUT2D eigenvalue weighted by Gasteiger charge is 2.43. The Hall–Kier alpha value is -4.01. The zero-order valence-corrected chi connectivity index (χ0v) is 23.4. The highest BCUT2D eigenvalue weighted by atomic mass is 16.5. The van der Waals surface area contributed by atoms with Crippen molar-refractivity contribution in [3.63, 3.8) is 0 Å². The first kappa shape index (κ1) is 26.6. The third kappa shape index (κ3) is 5.05. The van der Waals surface area contributed by atoms with Crippen molar-refractivity contribution in [1.82, 2.24) is 20.0 Å². The van der Waals surface area contributed by atoms with E-state index in [9.17, 15) is 14.4 Å². The molecule has 3 aliphatic heterocycles. The van der Waals surface area contributed by atoms with Crippen LogP contribution in [0, 0.1) is 0 Å². The molecule has 1 atom stereocenters. The van der Waals surface area contributed by atoms with Gasteiger partial charge in [0.25, 0.3) is 5.91 Å². The fraction of sp³-hybridized carbons (Fsp3) is 0.433. The third-order valence-corrected chi connectivity index (χ3v) is 7.93. The fourth-order valence-electron chi connectivity index (χ4n) is 5.53. The lowest BCUT2D eigenvalue weighted by Crippen LogP contribution is -2.51. The Morgan fingerprint density at radius 2 is 1.67 bits per heavy atom. The molecular weight excluding hydrogens is 494 g/mol. The van der Waals surface area contributed by atoms with Crippen molar-refractivity contribution in [3.05, 3.63) is 70.9 Å². The molecule has 0 saturated carbocycles. The molecule has 1 unspecified atom stereocenters. The SMILES string of the molecule is COc1ccccc1N1CCN(C(=O)CN2CC3=C(C2=O)C(c2ccc(C(C)(C)C)cc2)NC(=O)N3C)CC1. The van der Waals surface area contributed by atoms with Crippen molar-refractivity contribution in [2.24, 2.45) is 0 Å². The molecule has 9 nitrogen and oxygen atoms in total. The van der Waals surface area contributed by atoms with Crippen LogP contribution < -0.4 is 15.0 Å². The first-order valence-corrected chi connectivity index (χ1v) is 13.4. The molecule has 0 radical (unpaired) electrons. The number of rotatable bonds is 5. The predicted molar refractivity (Wildman–Crippen MR) is 150 cm³/mol. The molecule has 0 spiro atoms. The van der Waals surface area contributed by atoms with Crippen LogP contribution in [0.25, 0.3) is 0 Å². The van der Waals surface area contributed by atoms with Crippen molar-refractivity contribution >= 4 is 23.5 Å². The molecule has 39 heavy (non-hydrogen) atoms. The standard InChI is InChI=1S/C30H37N5O4/c1-30(2,3)21-12-10-20(11-13-21)27-26-23(32(4)29(38)31-27)18-35(28(26)37)19-25(36)34-16-14-33(15-17-34)22-8-6-7-9-24(22)39-5/h6-13,27H,14-19H2,1-5H3,(H,31,38). The minimum Gasteiger partial charge on any atom is -0.495 e. The summed E-state index contributed by atoms with van der Waals surface area (Å²) < 4.78 is 5.49. The lowest BCUT2D eigenvalue weighted by atomic mass is 9.85. The monoisotopic (exact) mass is 531 g/mol. The van der Waals surface area contributed by atoms with Gasteiger partial charge in [-0.3, -0.25) is 14.5 Å². The molecule has 1 N–H and O–H groups in total. The van der Waals surface area contributed by atoms with Gasteiger partial charge < -0.3 is 24.8 Å². The summed E-state index contributed by atoms with van der Waals surface area (Å²) >= 11 is 0. The number of piperazine rings is 1. The number of benzene rings is 2. The maximum atomic E-state index is 13.6. The summed E-state index contributed by atoms with van der Waals surface area (Å²) in [6, 6.07) is 15.1. The summed E-state index contributed by atoms with van der Waals surface area (Å²) in [7, 11) is 3.32. The maximum absolute atomic E-state index is 13.6. The topological polar surface area (TPSA) is 85.4 Å². The molecule has 1 fully saturated rings. The highest BCUT2D eigenvalue weighted by Crippen LogP contribution is 2.36. The van der Waals surface area contributed by atoms with Crippen molar-refractivity contribution in [1.29, 1.82) is 0 Å². The summed E-state index contributed by atoms with van der Waals surface area (Å²) in [6.07, 6.45) is 0. The maximum Gasteiger partial charge on any atom is 0.322 e. The quantitative estimate of drug-likeness (QED) is 0.641. The molecule has 4 amide bonds. The zero-order valence-electron chi connectivity index (χ0n) is 23.4. The van der Waals surface area contributed by atoms with Crippen molar-refractivity contribution in [2.75, 3.05) is 58.3 Å². The van der Waals surface area contributed by atoms with E-state index in [0.717, 1.165) is 17.0 Å². The second-order valence-corrected chi connectivity index (χ2v) is 11.4. The minimum absolute atomic E-state index is 0.00201. The summed E-state index contributed by atoms with van der Waals surface area (Å²) in [4.78, 5) is 46.8. The molecular formula is C30H37N5O4. The van der Waals surface area contributed by atoms with Gasteiger partial charge in [-0.1, -0.05) is 57.2 Å². The Labute approximate surface area is 230 Å². The molecule has 0 aliphatic carbocycles. The average Bonchev–Trinajstić information content (AvgIpc) is 3.26. The van der Waals surface area contributed by atoms with Gasteiger partial charge in [0.05, 0.1) is 36.7 Å². The number of ether oxygens (including phenoxy) is 1. The number of nitrogens with zero attached hydrogens (tertiary/aromatic N) is 4. The minimum atomic E-state index is -0.547. The van der Waals surface area contributed by atoms with E-state index in [-0.39, 0.29) is 36.3 Å². The van der Waals surface area contributed by atoms with Crippen LogP contribution in [0.2, 0.25) is 0 Å². The van der Waals surface area contributed by atoms with Crippen LogP contribution in [0.4, 0.5) is 10.5 Å². The van der Waals surface area contributed by atoms with E-state index in [0.29, 0.717) is 37.4 Å². The summed E-state index contributed by atoms with van der Waals surface area (Å²) in [5.41, 5.74) is 4.23. The van der Waals surface area contributed by atoms with Crippen LogP contribution in [0.5, 0.6) is 5.75 Å². The number of methoxy groups -OCH3 is 1. The third-order valence-electron chi connectivity index (χ3n) is 7.93. The first-order chi connectivity index (χ1) is 18.6.